The van der Waals surface area contributed by atoms with E-state index < -0.39 is 5.97 Å². The zero-order valence-electron chi connectivity index (χ0n) is 19.3. The van der Waals surface area contributed by atoms with Gasteiger partial charge in [0.05, 0.1) is 18.0 Å². The second kappa shape index (κ2) is 11.3. The Kier molecular flexibility index (Phi) is 7.93. The first-order chi connectivity index (χ1) is 17.3. The van der Waals surface area contributed by atoms with Crippen LogP contribution >= 0.6 is 23.2 Å². The molecule has 0 aliphatic rings. The average molecular weight is 525 g/mol. The molecule has 1 amide bonds. The number of ether oxygens (including phenoxy) is 1. The van der Waals surface area contributed by atoms with E-state index in [1.54, 1.807) is 42.5 Å². The van der Waals surface area contributed by atoms with Crippen molar-refractivity contribution in [1.29, 1.82) is 0 Å². The van der Waals surface area contributed by atoms with Gasteiger partial charge in [0.2, 0.25) is 0 Å². The van der Waals surface area contributed by atoms with E-state index in [0.717, 1.165) is 11.1 Å². The summed E-state index contributed by atoms with van der Waals surface area (Å²) in [7, 11) is 0. The van der Waals surface area contributed by atoms with Gasteiger partial charge in [-0.1, -0.05) is 76.9 Å². The van der Waals surface area contributed by atoms with Gasteiger partial charge in [0, 0.05) is 16.1 Å². The Balaban J connectivity index is 1.58. The summed E-state index contributed by atoms with van der Waals surface area (Å²) < 4.78 is 11.3. The highest BCUT2D eigenvalue weighted by molar-refractivity contribution is 6.35. The van der Waals surface area contributed by atoms with Gasteiger partial charge in [-0.3, -0.25) is 9.59 Å². The Labute approximate surface area is 217 Å². The number of benzene rings is 3. The third kappa shape index (κ3) is 5.87. The Morgan fingerprint density at radius 3 is 2.50 bits per heavy atom. The van der Waals surface area contributed by atoms with Crippen LogP contribution in [0.25, 0.3) is 22.6 Å². The van der Waals surface area contributed by atoms with Gasteiger partial charge in [-0.05, 0) is 36.2 Å². The number of nitrogens with zero attached hydrogens (tertiary/aromatic N) is 1. The normalized spacial score (nSPS) is 10.8. The number of aryl methyl sites for hydroxylation is 1. The van der Waals surface area contributed by atoms with Gasteiger partial charge in [-0.25, -0.2) is 0 Å². The molecule has 0 aliphatic carbocycles. The molecular weight excluding hydrogens is 503 g/mol. The van der Waals surface area contributed by atoms with Crippen LogP contribution in [-0.2, 0) is 11.2 Å². The molecule has 0 spiro atoms. The van der Waals surface area contributed by atoms with Crippen LogP contribution in [0.4, 0.5) is 0 Å². The molecule has 0 atom stereocenters. The monoisotopic (exact) mass is 524 g/mol. The Morgan fingerprint density at radius 1 is 1.06 bits per heavy atom. The van der Waals surface area contributed by atoms with Crippen LogP contribution in [0.5, 0.6) is 5.75 Å². The van der Waals surface area contributed by atoms with Gasteiger partial charge in [-0.15, -0.1) is 0 Å². The molecule has 184 valence electrons. The summed E-state index contributed by atoms with van der Waals surface area (Å²) in [5, 5.41) is 17.0. The van der Waals surface area contributed by atoms with Crippen LogP contribution in [-0.4, -0.2) is 35.3 Å². The van der Waals surface area contributed by atoms with Crippen molar-refractivity contribution in [2.75, 3.05) is 13.2 Å². The number of aromatic nitrogens is 1. The van der Waals surface area contributed by atoms with Crippen molar-refractivity contribution in [1.82, 2.24) is 10.5 Å². The fraction of sp³-hybridized carbons (Fsp3) is 0.148. The fourth-order valence-corrected chi connectivity index (χ4v) is 4.13. The van der Waals surface area contributed by atoms with Crippen molar-refractivity contribution in [3.63, 3.8) is 0 Å². The predicted octanol–water partition coefficient (Wildman–Crippen LogP) is 6.06. The highest BCUT2D eigenvalue weighted by Gasteiger charge is 2.26. The van der Waals surface area contributed by atoms with E-state index >= 15 is 0 Å². The summed E-state index contributed by atoms with van der Waals surface area (Å²) >= 11 is 12.0. The standard InChI is InChI=1S/C27H22Cl2N2O5/c1-16-4-2-3-5-20(16)26-24(25(31-36-26)18-8-6-17(7-9-18)14-23(32)33)27(34)30-12-13-35-22-11-10-19(28)15-21(22)29/h2-11,15H,12-14H2,1H3,(H,30,34)(H,32,33). The van der Waals surface area contributed by atoms with Gasteiger partial charge in [0.1, 0.15) is 23.6 Å². The summed E-state index contributed by atoms with van der Waals surface area (Å²) in [5.41, 5.74) is 3.56. The maximum atomic E-state index is 13.4. The van der Waals surface area contributed by atoms with Crippen molar-refractivity contribution in [2.24, 2.45) is 0 Å². The summed E-state index contributed by atoms with van der Waals surface area (Å²) in [5.74, 6) is -0.502. The van der Waals surface area contributed by atoms with Crippen molar-refractivity contribution in [3.8, 4) is 28.3 Å². The van der Waals surface area contributed by atoms with Gasteiger partial charge >= 0.3 is 5.97 Å². The van der Waals surface area contributed by atoms with Gasteiger partial charge in [0.15, 0.2) is 5.76 Å². The number of rotatable bonds is 9. The molecule has 4 aromatic rings. The number of hydrogen-bond donors (Lipinski definition) is 2. The van der Waals surface area contributed by atoms with E-state index in [-0.39, 0.29) is 31.0 Å². The van der Waals surface area contributed by atoms with Gasteiger partial charge in [0.25, 0.3) is 5.91 Å². The molecule has 4 rings (SSSR count). The molecule has 0 saturated heterocycles. The van der Waals surface area contributed by atoms with Crippen LogP contribution in [0.2, 0.25) is 10.0 Å². The molecule has 0 radical (unpaired) electrons. The lowest BCUT2D eigenvalue weighted by Crippen LogP contribution is -2.28. The summed E-state index contributed by atoms with van der Waals surface area (Å²) in [6.07, 6.45) is -0.0987. The Hall–Kier alpha value is -3.81. The van der Waals surface area contributed by atoms with Crippen LogP contribution in [0, 0.1) is 6.92 Å². The Bertz CT molecular complexity index is 1400. The van der Waals surface area contributed by atoms with Crippen molar-refractivity contribution in [3.05, 3.63) is 93.5 Å². The number of carbonyl (C=O) groups is 2. The quantitative estimate of drug-likeness (QED) is 0.258. The number of carboxylic acids is 1. The molecular formula is C27H22Cl2N2O5. The van der Waals surface area contributed by atoms with Crippen LogP contribution in [0.1, 0.15) is 21.5 Å². The van der Waals surface area contributed by atoms with E-state index in [1.807, 2.05) is 31.2 Å². The van der Waals surface area contributed by atoms with E-state index in [9.17, 15) is 9.59 Å². The zero-order valence-corrected chi connectivity index (χ0v) is 20.8. The van der Waals surface area contributed by atoms with Gasteiger partial charge < -0.3 is 19.7 Å². The van der Waals surface area contributed by atoms with Gasteiger partial charge in [-0.2, -0.15) is 0 Å². The number of amides is 1. The molecule has 1 heterocycles. The topological polar surface area (TPSA) is 102 Å². The first-order valence-corrected chi connectivity index (χ1v) is 11.8. The molecule has 7 nitrogen and oxygen atoms in total. The number of halogens is 2. The lowest BCUT2D eigenvalue weighted by Gasteiger charge is -2.10. The number of carboxylic acid groups (broad SMARTS) is 1. The minimum Gasteiger partial charge on any atom is -0.490 e. The molecule has 0 bridgehead atoms. The highest BCUT2D eigenvalue weighted by Crippen LogP contribution is 2.34. The summed E-state index contributed by atoms with van der Waals surface area (Å²) in [4.78, 5) is 24.4. The molecule has 1 aromatic heterocycles. The molecule has 36 heavy (non-hydrogen) atoms. The van der Waals surface area contributed by atoms with Crippen molar-refractivity contribution < 1.29 is 24.0 Å². The maximum Gasteiger partial charge on any atom is 0.307 e. The van der Waals surface area contributed by atoms with E-state index in [0.29, 0.717) is 38.4 Å². The smallest absolute Gasteiger partial charge is 0.307 e. The second-order valence-electron chi connectivity index (χ2n) is 8.00. The summed E-state index contributed by atoms with van der Waals surface area (Å²) in [6, 6.07) is 19.3. The molecule has 0 unspecified atom stereocenters. The van der Waals surface area contributed by atoms with E-state index in [2.05, 4.69) is 10.5 Å². The summed E-state index contributed by atoms with van der Waals surface area (Å²) in [6.45, 7) is 2.30. The third-order valence-electron chi connectivity index (χ3n) is 5.43. The van der Waals surface area contributed by atoms with Crippen molar-refractivity contribution in [2.45, 2.75) is 13.3 Å². The average Bonchev–Trinajstić information content (AvgIpc) is 3.28. The molecule has 0 aliphatic heterocycles. The zero-order chi connectivity index (χ0) is 25.7. The number of nitrogens with one attached hydrogen (secondary N) is 1. The minimum atomic E-state index is -0.923. The number of hydrogen-bond acceptors (Lipinski definition) is 5. The SMILES string of the molecule is Cc1ccccc1-c1onc(-c2ccc(CC(=O)O)cc2)c1C(=O)NCCOc1ccc(Cl)cc1Cl. The fourth-order valence-electron chi connectivity index (χ4n) is 3.67. The maximum absolute atomic E-state index is 13.4. The molecule has 9 heteroatoms. The lowest BCUT2D eigenvalue weighted by atomic mass is 9.98. The Morgan fingerprint density at radius 2 is 1.81 bits per heavy atom. The van der Waals surface area contributed by atoms with Crippen LogP contribution < -0.4 is 10.1 Å². The number of aliphatic carboxylic acids is 1. The number of carbonyl (C=O) groups excluding carboxylic acids is 1. The second-order valence-corrected chi connectivity index (χ2v) is 8.84. The molecule has 3 aromatic carbocycles. The van der Waals surface area contributed by atoms with E-state index in [1.165, 1.54) is 0 Å². The first-order valence-electron chi connectivity index (χ1n) is 11.1. The lowest BCUT2D eigenvalue weighted by molar-refractivity contribution is -0.136. The van der Waals surface area contributed by atoms with E-state index in [4.69, 9.17) is 37.6 Å². The van der Waals surface area contributed by atoms with Crippen molar-refractivity contribution >= 4 is 35.1 Å². The van der Waals surface area contributed by atoms with Crippen LogP contribution in [0.3, 0.4) is 0 Å². The minimum absolute atomic E-state index is 0.0987. The molecule has 2 N–H and O–H groups in total. The first kappa shape index (κ1) is 25.3. The van der Waals surface area contributed by atoms with Crippen LogP contribution in [0.15, 0.2) is 71.3 Å². The molecule has 0 fully saturated rings. The predicted molar refractivity (Wildman–Crippen MR) is 138 cm³/mol. The highest BCUT2D eigenvalue weighted by atomic mass is 35.5. The molecule has 0 saturated carbocycles. The largest absolute Gasteiger partial charge is 0.490 e. The third-order valence-corrected chi connectivity index (χ3v) is 5.96.